The molecule has 0 unspecified atom stereocenters. The summed E-state index contributed by atoms with van der Waals surface area (Å²) < 4.78 is 4.96. The van der Waals surface area contributed by atoms with Gasteiger partial charge in [0.1, 0.15) is 0 Å². The summed E-state index contributed by atoms with van der Waals surface area (Å²) in [6.45, 7) is 4.06. The average Bonchev–Trinajstić information content (AvgIpc) is 2.16. The predicted molar refractivity (Wildman–Crippen MR) is 53.7 cm³/mol. The summed E-state index contributed by atoms with van der Waals surface area (Å²) in [4.78, 5) is 10.1. The molecule has 4 nitrogen and oxygen atoms in total. The highest BCUT2D eigenvalue weighted by atomic mass is 16.6. The van der Waals surface area contributed by atoms with E-state index in [1.165, 1.54) is 13.2 Å². The van der Waals surface area contributed by atoms with Crippen LogP contribution in [0.5, 0.6) is 5.75 Å². The van der Waals surface area contributed by atoms with Crippen molar-refractivity contribution in [3.63, 3.8) is 0 Å². The topological polar surface area (TPSA) is 52.4 Å². The number of benzene rings is 1. The number of nitro groups is 1. The van der Waals surface area contributed by atoms with Gasteiger partial charge >= 0.3 is 5.69 Å². The molecule has 0 spiro atoms. The van der Waals surface area contributed by atoms with Gasteiger partial charge in [-0.3, -0.25) is 10.1 Å². The SMILES string of the molecule is COc1cc(C(C)C)ccc1[N+](=O)[O-]. The molecule has 0 aliphatic rings. The molecule has 1 rings (SSSR count). The number of nitrogens with zero attached hydrogens (tertiary/aromatic N) is 1. The van der Waals surface area contributed by atoms with E-state index in [0.29, 0.717) is 11.7 Å². The molecule has 14 heavy (non-hydrogen) atoms. The molecule has 0 bridgehead atoms. The van der Waals surface area contributed by atoms with Crippen LogP contribution in [0.3, 0.4) is 0 Å². The molecule has 1 aromatic rings. The minimum atomic E-state index is -0.442. The summed E-state index contributed by atoms with van der Waals surface area (Å²) >= 11 is 0. The van der Waals surface area contributed by atoms with Gasteiger partial charge < -0.3 is 4.74 Å². The molecule has 0 aromatic heterocycles. The lowest BCUT2D eigenvalue weighted by molar-refractivity contribution is -0.385. The maximum absolute atomic E-state index is 10.6. The number of methoxy groups -OCH3 is 1. The summed E-state index contributed by atoms with van der Waals surface area (Å²) in [5, 5.41) is 10.6. The highest BCUT2D eigenvalue weighted by molar-refractivity contribution is 5.48. The first-order valence-corrected chi connectivity index (χ1v) is 4.38. The van der Waals surface area contributed by atoms with Gasteiger partial charge in [0.25, 0.3) is 0 Å². The minimum Gasteiger partial charge on any atom is -0.490 e. The van der Waals surface area contributed by atoms with E-state index in [9.17, 15) is 10.1 Å². The second-order valence-corrected chi connectivity index (χ2v) is 3.34. The summed E-state index contributed by atoms with van der Waals surface area (Å²) in [6.07, 6.45) is 0. The van der Waals surface area contributed by atoms with Crippen molar-refractivity contribution in [2.75, 3.05) is 7.11 Å². The fourth-order valence-corrected chi connectivity index (χ4v) is 1.20. The Hall–Kier alpha value is -1.58. The van der Waals surface area contributed by atoms with E-state index in [2.05, 4.69) is 0 Å². The molecule has 4 heteroatoms. The van der Waals surface area contributed by atoms with Crippen molar-refractivity contribution < 1.29 is 9.66 Å². The van der Waals surface area contributed by atoms with E-state index in [0.717, 1.165) is 5.56 Å². The Bertz CT molecular complexity index is 347. The van der Waals surface area contributed by atoms with Gasteiger partial charge in [0.2, 0.25) is 0 Å². The van der Waals surface area contributed by atoms with E-state index < -0.39 is 4.92 Å². The van der Waals surface area contributed by atoms with Crippen molar-refractivity contribution >= 4 is 5.69 Å². The maximum Gasteiger partial charge on any atom is 0.310 e. The van der Waals surface area contributed by atoms with Crippen LogP contribution in [0, 0.1) is 10.1 Å². The van der Waals surface area contributed by atoms with Gasteiger partial charge in [-0.1, -0.05) is 19.9 Å². The van der Waals surface area contributed by atoms with E-state index in [1.807, 2.05) is 13.8 Å². The molecule has 0 heterocycles. The molecule has 0 saturated carbocycles. The monoisotopic (exact) mass is 195 g/mol. The van der Waals surface area contributed by atoms with E-state index >= 15 is 0 Å². The Kier molecular flexibility index (Phi) is 3.06. The lowest BCUT2D eigenvalue weighted by Crippen LogP contribution is -1.96. The highest BCUT2D eigenvalue weighted by Gasteiger charge is 2.15. The molecule has 0 amide bonds. The van der Waals surface area contributed by atoms with Gasteiger partial charge in [0, 0.05) is 6.07 Å². The molecule has 0 fully saturated rings. The van der Waals surface area contributed by atoms with Crippen LogP contribution in [0.25, 0.3) is 0 Å². The van der Waals surface area contributed by atoms with Crippen LogP contribution in [0.15, 0.2) is 18.2 Å². The molecular weight excluding hydrogens is 182 g/mol. The average molecular weight is 195 g/mol. The standard InChI is InChI=1S/C10H13NO3/c1-7(2)8-4-5-9(11(12)13)10(6-8)14-3/h4-7H,1-3H3. The van der Waals surface area contributed by atoms with Gasteiger partial charge in [-0.15, -0.1) is 0 Å². The predicted octanol–water partition coefficient (Wildman–Crippen LogP) is 2.73. The Morgan fingerprint density at radius 2 is 2.07 bits per heavy atom. The van der Waals surface area contributed by atoms with Crippen molar-refractivity contribution in [2.24, 2.45) is 0 Å². The quantitative estimate of drug-likeness (QED) is 0.550. The zero-order valence-corrected chi connectivity index (χ0v) is 8.48. The third-order valence-electron chi connectivity index (χ3n) is 2.07. The second kappa shape index (κ2) is 4.09. The van der Waals surface area contributed by atoms with Crippen LogP contribution in [0.2, 0.25) is 0 Å². The number of rotatable bonds is 3. The zero-order chi connectivity index (χ0) is 10.7. The third-order valence-corrected chi connectivity index (χ3v) is 2.07. The maximum atomic E-state index is 10.6. The van der Waals surface area contributed by atoms with Crippen molar-refractivity contribution in [3.8, 4) is 5.75 Å². The molecule has 0 aliphatic carbocycles. The Balaban J connectivity index is 3.18. The lowest BCUT2D eigenvalue weighted by Gasteiger charge is -2.07. The fraction of sp³-hybridized carbons (Fsp3) is 0.400. The van der Waals surface area contributed by atoms with E-state index in [1.54, 1.807) is 12.1 Å². The van der Waals surface area contributed by atoms with Crippen LogP contribution < -0.4 is 4.74 Å². The van der Waals surface area contributed by atoms with Gasteiger partial charge in [0.05, 0.1) is 12.0 Å². The molecule has 76 valence electrons. The Morgan fingerprint density at radius 1 is 1.43 bits per heavy atom. The molecule has 0 aliphatic heterocycles. The minimum absolute atomic E-state index is 0.0110. The summed E-state index contributed by atoms with van der Waals surface area (Å²) in [6, 6.07) is 4.95. The number of hydrogen-bond acceptors (Lipinski definition) is 3. The highest BCUT2D eigenvalue weighted by Crippen LogP contribution is 2.30. The Morgan fingerprint density at radius 3 is 2.50 bits per heavy atom. The molecule has 0 saturated heterocycles. The first kappa shape index (κ1) is 10.5. The molecule has 0 N–H and O–H groups in total. The normalized spacial score (nSPS) is 10.3. The third kappa shape index (κ3) is 2.02. The number of nitro benzene ring substituents is 1. The molecule has 0 atom stereocenters. The number of ether oxygens (including phenoxy) is 1. The molecule has 0 radical (unpaired) electrons. The van der Waals surface area contributed by atoms with E-state index in [-0.39, 0.29) is 5.69 Å². The fourth-order valence-electron chi connectivity index (χ4n) is 1.20. The molecule has 1 aromatic carbocycles. The second-order valence-electron chi connectivity index (χ2n) is 3.34. The summed E-state index contributed by atoms with van der Waals surface area (Å²) in [5.74, 6) is 0.658. The van der Waals surface area contributed by atoms with Crippen molar-refractivity contribution in [3.05, 3.63) is 33.9 Å². The van der Waals surface area contributed by atoms with Crippen LogP contribution in [-0.4, -0.2) is 12.0 Å². The van der Waals surface area contributed by atoms with E-state index in [4.69, 9.17) is 4.74 Å². The number of hydrogen-bond donors (Lipinski definition) is 0. The van der Waals surface area contributed by atoms with Crippen LogP contribution in [-0.2, 0) is 0 Å². The van der Waals surface area contributed by atoms with Gasteiger partial charge in [-0.25, -0.2) is 0 Å². The van der Waals surface area contributed by atoms with Crippen LogP contribution in [0.1, 0.15) is 25.3 Å². The zero-order valence-electron chi connectivity index (χ0n) is 8.48. The van der Waals surface area contributed by atoms with Crippen molar-refractivity contribution in [2.45, 2.75) is 19.8 Å². The lowest BCUT2D eigenvalue weighted by atomic mass is 10.0. The van der Waals surface area contributed by atoms with Crippen molar-refractivity contribution in [1.82, 2.24) is 0 Å². The first-order valence-electron chi connectivity index (χ1n) is 4.38. The summed E-state index contributed by atoms with van der Waals surface area (Å²) in [7, 11) is 1.44. The molecular formula is C10H13NO3. The summed E-state index contributed by atoms with van der Waals surface area (Å²) in [5.41, 5.74) is 1.05. The smallest absolute Gasteiger partial charge is 0.310 e. The largest absolute Gasteiger partial charge is 0.490 e. The Labute approximate surface area is 82.7 Å². The van der Waals surface area contributed by atoms with Crippen molar-refractivity contribution in [1.29, 1.82) is 0 Å². The van der Waals surface area contributed by atoms with Crippen LogP contribution >= 0.6 is 0 Å². The van der Waals surface area contributed by atoms with Gasteiger partial charge in [0.15, 0.2) is 5.75 Å². The van der Waals surface area contributed by atoms with Crippen LogP contribution in [0.4, 0.5) is 5.69 Å². The van der Waals surface area contributed by atoms with Gasteiger partial charge in [-0.2, -0.15) is 0 Å². The van der Waals surface area contributed by atoms with Gasteiger partial charge in [-0.05, 0) is 17.5 Å². The first-order chi connectivity index (χ1) is 6.56.